The molecule has 2 aromatic carbocycles. The molecule has 0 saturated carbocycles. The minimum absolute atomic E-state index is 0.297. The van der Waals surface area contributed by atoms with Crippen LogP contribution in [0.15, 0.2) is 48.5 Å². The van der Waals surface area contributed by atoms with Crippen LogP contribution in [0.4, 0.5) is 0 Å². The fourth-order valence-corrected chi connectivity index (χ4v) is 3.15. The van der Waals surface area contributed by atoms with E-state index in [1.807, 2.05) is 36.4 Å². The molecule has 1 amide bonds. The highest BCUT2D eigenvalue weighted by Gasteiger charge is 2.13. The van der Waals surface area contributed by atoms with Crippen LogP contribution in [0.3, 0.4) is 0 Å². The van der Waals surface area contributed by atoms with Gasteiger partial charge in [0.15, 0.2) is 6.61 Å². The van der Waals surface area contributed by atoms with Crippen molar-refractivity contribution in [3.8, 4) is 0 Å². The quantitative estimate of drug-likeness (QED) is 0.670. The molecule has 1 saturated heterocycles. The largest absolute Gasteiger partial charge is 0.452 e. The Kier molecular flexibility index (Phi) is 8.04. The van der Waals surface area contributed by atoms with Gasteiger partial charge < -0.3 is 14.8 Å². The molecule has 7 heteroatoms. The average molecular weight is 417 g/mol. The van der Waals surface area contributed by atoms with Crippen LogP contribution >= 0.6 is 11.6 Å². The van der Waals surface area contributed by atoms with Gasteiger partial charge in [-0.15, -0.1) is 0 Å². The van der Waals surface area contributed by atoms with Gasteiger partial charge in [0.05, 0.1) is 18.8 Å². The van der Waals surface area contributed by atoms with Crippen molar-refractivity contribution in [2.75, 3.05) is 39.5 Å². The lowest BCUT2D eigenvalue weighted by Gasteiger charge is -2.26. The van der Waals surface area contributed by atoms with E-state index in [-0.39, 0.29) is 12.5 Å². The lowest BCUT2D eigenvalue weighted by Crippen LogP contribution is -2.35. The van der Waals surface area contributed by atoms with E-state index in [0.29, 0.717) is 23.6 Å². The Hall–Kier alpha value is -2.41. The number of nitrogens with one attached hydrogen (secondary N) is 1. The lowest BCUT2D eigenvalue weighted by molar-refractivity contribution is -0.124. The van der Waals surface area contributed by atoms with Gasteiger partial charge in [-0.3, -0.25) is 9.69 Å². The first-order valence-corrected chi connectivity index (χ1v) is 10.1. The van der Waals surface area contributed by atoms with Crippen LogP contribution in [0.2, 0.25) is 5.02 Å². The summed E-state index contributed by atoms with van der Waals surface area (Å²) < 4.78 is 10.4. The summed E-state index contributed by atoms with van der Waals surface area (Å²) in [4.78, 5) is 26.3. The van der Waals surface area contributed by atoms with Crippen molar-refractivity contribution in [1.29, 1.82) is 0 Å². The zero-order valence-electron chi connectivity index (χ0n) is 16.2. The van der Waals surface area contributed by atoms with Gasteiger partial charge in [-0.2, -0.15) is 0 Å². The Morgan fingerprint density at radius 2 is 1.66 bits per heavy atom. The number of nitrogens with zero attached hydrogens (tertiary/aromatic N) is 1. The third-order valence-electron chi connectivity index (χ3n) is 4.68. The van der Waals surface area contributed by atoms with Crippen LogP contribution in [-0.4, -0.2) is 56.2 Å². The van der Waals surface area contributed by atoms with E-state index in [4.69, 9.17) is 21.1 Å². The number of amides is 1. The predicted octanol–water partition coefficient (Wildman–Crippen LogP) is 2.69. The van der Waals surface area contributed by atoms with Crippen LogP contribution < -0.4 is 5.32 Å². The number of hydrogen-bond donors (Lipinski definition) is 1. The highest BCUT2D eigenvalue weighted by molar-refractivity contribution is 6.30. The van der Waals surface area contributed by atoms with Crippen molar-refractivity contribution in [1.82, 2.24) is 10.2 Å². The number of carbonyl (C=O) groups is 2. The molecule has 0 aromatic heterocycles. The van der Waals surface area contributed by atoms with Gasteiger partial charge >= 0.3 is 5.97 Å². The van der Waals surface area contributed by atoms with E-state index in [0.717, 1.165) is 44.0 Å². The molecule has 2 aromatic rings. The molecule has 1 aliphatic heterocycles. The maximum Gasteiger partial charge on any atom is 0.338 e. The second-order valence-electron chi connectivity index (χ2n) is 6.89. The summed E-state index contributed by atoms with van der Waals surface area (Å²) in [6.07, 6.45) is 0.682. The molecule has 0 aliphatic carbocycles. The molecule has 1 heterocycles. The van der Waals surface area contributed by atoms with Gasteiger partial charge in [0.25, 0.3) is 5.91 Å². The predicted molar refractivity (Wildman–Crippen MR) is 111 cm³/mol. The summed E-state index contributed by atoms with van der Waals surface area (Å²) in [6, 6.07) is 14.7. The Morgan fingerprint density at radius 3 is 2.34 bits per heavy atom. The van der Waals surface area contributed by atoms with Crippen molar-refractivity contribution >= 4 is 23.5 Å². The summed E-state index contributed by atoms with van der Waals surface area (Å²) in [6.45, 7) is 4.34. The first-order valence-electron chi connectivity index (χ1n) is 9.67. The minimum atomic E-state index is -0.504. The molecule has 0 radical (unpaired) electrons. The smallest absolute Gasteiger partial charge is 0.338 e. The van der Waals surface area contributed by atoms with Crippen LogP contribution in [0, 0.1) is 0 Å². The van der Waals surface area contributed by atoms with Crippen LogP contribution in [-0.2, 0) is 27.2 Å². The van der Waals surface area contributed by atoms with Crippen LogP contribution in [0.5, 0.6) is 0 Å². The fourth-order valence-electron chi connectivity index (χ4n) is 3.03. The Bertz CT molecular complexity index is 803. The van der Waals surface area contributed by atoms with Crippen molar-refractivity contribution < 1.29 is 19.1 Å². The number of carbonyl (C=O) groups excluding carboxylic acids is 2. The SMILES string of the molecule is O=C(COC(=O)c1ccc(CN2CCOCC2)cc1)NCCc1ccc(Cl)cc1. The number of halogens is 1. The van der Waals surface area contributed by atoms with Gasteiger partial charge in [-0.1, -0.05) is 35.9 Å². The monoisotopic (exact) mass is 416 g/mol. The summed E-state index contributed by atoms with van der Waals surface area (Å²) in [7, 11) is 0. The molecule has 1 aliphatic rings. The second kappa shape index (κ2) is 11.0. The Labute approximate surface area is 175 Å². The molecular weight excluding hydrogens is 392 g/mol. The standard InChI is InChI=1S/C22H25ClN2O4/c23-20-7-3-17(4-8-20)9-10-24-21(26)16-29-22(27)19-5-1-18(2-6-19)15-25-11-13-28-14-12-25/h1-8H,9-16H2,(H,24,26). The first-order chi connectivity index (χ1) is 14.1. The molecule has 0 unspecified atom stereocenters. The van der Waals surface area contributed by atoms with E-state index in [9.17, 15) is 9.59 Å². The van der Waals surface area contributed by atoms with E-state index < -0.39 is 5.97 Å². The fraction of sp³-hybridized carbons (Fsp3) is 0.364. The second-order valence-corrected chi connectivity index (χ2v) is 7.32. The zero-order chi connectivity index (χ0) is 20.5. The molecule has 6 nitrogen and oxygen atoms in total. The van der Waals surface area contributed by atoms with Crippen molar-refractivity contribution in [2.24, 2.45) is 0 Å². The lowest BCUT2D eigenvalue weighted by atomic mass is 10.1. The van der Waals surface area contributed by atoms with Gasteiger partial charge in [0, 0.05) is 31.2 Å². The maximum atomic E-state index is 12.1. The normalized spacial score (nSPS) is 14.4. The third-order valence-corrected chi connectivity index (χ3v) is 4.93. The van der Waals surface area contributed by atoms with Gasteiger partial charge in [0.2, 0.25) is 0 Å². The number of rotatable bonds is 8. The number of esters is 1. The van der Waals surface area contributed by atoms with Crippen molar-refractivity contribution in [3.05, 3.63) is 70.2 Å². The van der Waals surface area contributed by atoms with Crippen molar-refractivity contribution in [3.63, 3.8) is 0 Å². The molecule has 1 fully saturated rings. The van der Waals surface area contributed by atoms with Crippen LogP contribution in [0.1, 0.15) is 21.5 Å². The van der Waals surface area contributed by atoms with E-state index in [1.165, 1.54) is 0 Å². The molecular formula is C22H25ClN2O4. The number of benzene rings is 2. The zero-order valence-corrected chi connectivity index (χ0v) is 17.0. The van der Waals surface area contributed by atoms with E-state index in [1.54, 1.807) is 12.1 Å². The van der Waals surface area contributed by atoms with Crippen LogP contribution in [0.25, 0.3) is 0 Å². The number of morpholine rings is 1. The molecule has 1 N–H and O–H groups in total. The molecule has 3 rings (SSSR count). The summed E-state index contributed by atoms with van der Waals surface area (Å²) in [5, 5.41) is 3.42. The van der Waals surface area contributed by atoms with Crippen molar-refractivity contribution in [2.45, 2.75) is 13.0 Å². The molecule has 0 bridgehead atoms. The maximum absolute atomic E-state index is 12.1. The Morgan fingerprint density at radius 1 is 1.00 bits per heavy atom. The molecule has 0 atom stereocenters. The summed E-state index contributed by atoms with van der Waals surface area (Å²) in [5.41, 5.74) is 2.64. The molecule has 29 heavy (non-hydrogen) atoms. The minimum Gasteiger partial charge on any atom is -0.452 e. The Balaban J connectivity index is 1.36. The third kappa shape index (κ3) is 7.16. The number of ether oxygens (including phenoxy) is 2. The van der Waals surface area contributed by atoms with E-state index >= 15 is 0 Å². The first kappa shape index (κ1) is 21.3. The highest BCUT2D eigenvalue weighted by Crippen LogP contribution is 2.11. The topological polar surface area (TPSA) is 67.9 Å². The van der Waals surface area contributed by atoms with Gasteiger partial charge in [-0.25, -0.2) is 4.79 Å². The average Bonchev–Trinajstić information content (AvgIpc) is 2.75. The highest BCUT2D eigenvalue weighted by atomic mass is 35.5. The van der Waals surface area contributed by atoms with E-state index in [2.05, 4.69) is 10.2 Å². The molecule has 0 spiro atoms. The van der Waals surface area contributed by atoms with Gasteiger partial charge in [-0.05, 0) is 41.8 Å². The summed E-state index contributed by atoms with van der Waals surface area (Å²) in [5.74, 6) is -0.827. The molecule has 154 valence electrons. The van der Waals surface area contributed by atoms with Gasteiger partial charge in [0.1, 0.15) is 0 Å². The summed E-state index contributed by atoms with van der Waals surface area (Å²) >= 11 is 5.85. The number of hydrogen-bond acceptors (Lipinski definition) is 5.